The van der Waals surface area contributed by atoms with Crippen LogP contribution in [0.25, 0.3) is 0 Å². The highest BCUT2D eigenvalue weighted by molar-refractivity contribution is 6.33. The summed E-state index contributed by atoms with van der Waals surface area (Å²) in [6.07, 6.45) is 0.644. The van der Waals surface area contributed by atoms with E-state index in [4.69, 9.17) is 16.3 Å². The Morgan fingerprint density at radius 1 is 1.19 bits per heavy atom. The minimum Gasteiger partial charge on any atom is -0.449 e. The maximum absolute atomic E-state index is 13.1. The van der Waals surface area contributed by atoms with Gasteiger partial charge in [-0.25, -0.2) is 9.18 Å². The van der Waals surface area contributed by atoms with Crippen molar-refractivity contribution in [1.29, 1.82) is 0 Å². The summed E-state index contributed by atoms with van der Waals surface area (Å²) in [7, 11) is 0. The number of rotatable bonds is 7. The largest absolute Gasteiger partial charge is 0.449 e. The molecule has 1 N–H and O–H groups in total. The molecule has 0 radical (unpaired) electrons. The van der Waals surface area contributed by atoms with Gasteiger partial charge in [0.2, 0.25) is 0 Å². The van der Waals surface area contributed by atoms with Crippen LogP contribution in [0.3, 0.4) is 0 Å². The third kappa shape index (κ3) is 5.30. The van der Waals surface area contributed by atoms with E-state index in [9.17, 15) is 14.0 Å². The van der Waals surface area contributed by atoms with E-state index in [1.807, 2.05) is 37.3 Å². The first-order chi connectivity index (χ1) is 12.4. The average molecular weight is 378 g/mol. The second kappa shape index (κ2) is 9.34. The summed E-state index contributed by atoms with van der Waals surface area (Å²) in [6, 6.07) is 12.8. The van der Waals surface area contributed by atoms with Crippen molar-refractivity contribution in [2.75, 3.05) is 0 Å². The predicted molar refractivity (Wildman–Crippen MR) is 98.5 cm³/mol. The average Bonchev–Trinajstić information content (AvgIpc) is 2.61. The van der Waals surface area contributed by atoms with Gasteiger partial charge < -0.3 is 10.1 Å². The molecule has 0 spiro atoms. The molecule has 2 unspecified atom stereocenters. The highest BCUT2D eigenvalue weighted by Crippen LogP contribution is 2.20. The first kappa shape index (κ1) is 19.9. The molecule has 26 heavy (non-hydrogen) atoms. The van der Waals surface area contributed by atoms with Crippen molar-refractivity contribution >= 4 is 23.5 Å². The lowest BCUT2D eigenvalue weighted by Gasteiger charge is -2.21. The zero-order valence-corrected chi connectivity index (χ0v) is 15.4. The molecule has 0 fully saturated rings. The summed E-state index contributed by atoms with van der Waals surface area (Å²) < 4.78 is 18.3. The van der Waals surface area contributed by atoms with Gasteiger partial charge in [-0.15, -0.1) is 0 Å². The summed E-state index contributed by atoms with van der Waals surface area (Å²) in [5, 5.41) is 2.85. The second-order valence-electron chi connectivity index (χ2n) is 5.93. The van der Waals surface area contributed by atoms with Gasteiger partial charge in [-0.2, -0.15) is 0 Å². The van der Waals surface area contributed by atoms with Crippen LogP contribution in [0.4, 0.5) is 4.39 Å². The van der Waals surface area contributed by atoms with Crippen LogP contribution in [0.15, 0.2) is 48.5 Å². The molecule has 4 nitrogen and oxygen atoms in total. The summed E-state index contributed by atoms with van der Waals surface area (Å²) in [6.45, 7) is 3.51. The van der Waals surface area contributed by atoms with Gasteiger partial charge >= 0.3 is 5.97 Å². The van der Waals surface area contributed by atoms with Crippen LogP contribution in [0, 0.1) is 5.82 Å². The quantitative estimate of drug-likeness (QED) is 0.712. The maximum atomic E-state index is 13.1. The molecule has 0 heterocycles. The van der Waals surface area contributed by atoms with Crippen LogP contribution in [0.2, 0.25) is 5.02 Å². The van der Waals surface area contributed by atoms with E-state index in [0.29, 0.717) is 0 Å². The van der Waals surface area contributed by atoms with Gasteiger partial charge in [-0.1, -0.05) is 55.3 Å². The van der Waals surface area contributed by atoms with Crippen LogP contribution < -0.4 is 5.32 Å². The summed E-state index contributed by atoms with van der Waals surface area (Å²) in [5.74, 6) is -1.73. The van der Waals surface area contributed by atoms with Crippen molar-refractivity contribution in [3.05, 3.63) is 70.5 Å². The Morgan fingerprint density at radius 3 is 2.50 bits per heavy atom. The van der Waals surface area contributed by atoms with Gasteiger partial charge in [-0.3, -0.25) is 4.79 Å². The van der Waals surface area contributed by atoms with E-state index in [-0.39, 0.29) is 16.6 Å². The molecule has 0 saturated heterocycles. The van der Waals surface area contributed by atoms with Crippen LogP contribution in [-0.2, 0) is 9.53 Å². The standard InChI is InChI=1S/C20H21ClFNO3/c1-3-7-18(14-8-5-4-6-9-14)23-19(24)13(2)26-20(25)16-11-10-15(22)12-17(16)21/h4-6,8-13,18H,3,7H2,1-2H3,(H,23,24). The molecule has 2 aromatic rings. The molecule has 6 heteroatoms. The van der Waals surface area contributed by atoms with Crippen molar-refractivity contribution in [3.63, 3.8) is 0 Å². The van der Waals surface area contributed by atoms with E-state index in [1.54, 1.807) is 0 Å². The lowest BCUT2D eigenvalue weighted by molar-refractivity contribution is -0.129. The van der Waals surface area contributed by atoms with Crippen molar-refractivity contribution in [2.45, 2.75) is 38.8 Å². The number of hydrogen-bond donors (Lipinski definition) is 1. The van der Waals surface area contributed by atoms with Crippen molar-refractivity contribution in [3.8, 4) is 0 Å². The zero-order valence-electron chi connectivity index (χ0n) is 14.7. The smallest absolute Gasteiger partial charge is 0.340 e. The van der Waals surface area contributed by atoms with E-state index in [0.717, 1.165) is 30.5 Å². The van der Waals surface area contributed by atoms with Gasteiger partial charge in [0.05, 0.1) is 16.6 Å². The molecule has 0 aliphatic rings. The van der Waals surface area contributed by atoms with Crippen molar-refractivity contribution < 1.29 is 18.7 Å². The Morgan fingerprint density at radius 2 is 1.88 bits per heavy atom. The SMILES string of the molecule is CCCC(NC(=O)C(C)OC(=O)c1ccc(F)cc1Cl)c1ccccc1. The zero-order chi connectivity index (χ0) is 19.1. The number of carbonyl (C=O) groups is 2. The molecule has 138 valence electrons. The predicted octanol–water partition coefficient (Wildman–Crippen LogP) is 4.68. The molecule has 2 rings (SSSR count). The van der Waals surface area contributed by atoms with E-state index in [1.165, 1.54) is 13.0 Å². The van der Waals surface area contributed by atoms with E-state index < -0.39 is 23.8 Å². The fourth-order valence-corrected chi connectivity index (χ4v) is 2.76. The third-order valence-corrected chi connectivity index (χ3v) is 4.21. The van der Waals surface area contributed by atoms with E-state index in [2.05, 4.69) is 5.32 Å². The van der Waals surface area contributed by atoms with Gasteiger partial charge in [0.25, 0.3) is 5.91 Å². The highest BCUT2D eigenvalue weighted by atomic mass is 35.5. The number of esters is 1. The van der Waals surface area contributed by atoms with Crippen molar-refractivity contribution in [2.24, 2.45) is 0 Å². The topological polar surface area (TPSA) is 55.4 Å². The monoisotopic (exact) mass is 377 g/mol. The van der Waals surface area contributed by atoms with Crippen LogP contribution in [-0.4, -0.2) is 18.0 Å². The lowest BCUT2D eigenvalue weighted by Crippen LogP contribution is -2.38. The number of carbonyl (C=O) groups excluding carboxylic acids is 2. The Hall–Kier alpha value is -2.40. The molecule has 1 amide bonds. The van der Waals surface area contributed by atoms with Crippen LogP contribution >= 0.6 is 11.6 Å². The normalized spacial score (nSPS) is 12.9. The Bertz CT molecular complexity index is 767. The molecule has 2 atom stereocenters. The van der Waals surface area contributed by atoms with Gasteiger partial charge in [0.15, 0.2) is 6.10 Å². The van der Waals surface area contributed by atoms with Gasteiger partial charge in [0, 0.05) is 0 Å². The lowest BCUT2D eigenvalue weighted by atomic mass is 10.0. The molecule has 2 aromatic carbocycles. The molecule has 0 saturated carbocycles. The molecule has 0 aliphatic heterocycles. The summed E-state index contributed by atoms with van der Waals surface area (Å²) in [4.78, 5) is 24.6. The van der Waals surface area contributed by atoms with Crippen molar-refractivity contribution in [1.82, 2.24) is 5.32 Å². The maximum Gasteiger partial charge on any atom is 0.340 e. The van der Waals surface area contributed by atoms with E-state index >= 15 is 0 Å². The fraction of sp³-hybridized carbons (Fsp3) is 0.300. The highest BCUT2D eigenvalue weighted by Gasteiger charge is 2.23. The molecular formula is C20H21ClFNO3. The number of hydrogen-bond acceptors (Lipinski definition) is 3. The first-order valence-electron chi connectivity index (χ1n) is 8.43. The number of halogens is 2. The molecule has 0 aliphatic carbocycles. The molecule has 0 aromatic heterocycles. The number of ether oxygens (including phenoxy) is 1. The van der Waals surface area contributed by atoms with Gasteiger partial charge in [-0.05, 0) is 37.1 Å². The number of nitrogens with one attached hydrogen (secondary N) is 1. The Labute approximate surface area is 157 Å². The summed E-state index contributed by atoms with van der Waals surface area (Å²) in [5.41, 5.74) is 1.00. The van der Waals surface area contributed by atoms with Crippen LogP contribution in [0.5, 0.6) is 0 Å². The fourth-order valence-electron chi connectivity index (χ4n) is 2.52. The Balaban J connectivity index is 2.02. The minimum absolute atomic E-state index is 0.0147. The Kier molecular flexibility index (Phi) is 7.16. The minimum atomic E-state index is -1.01. The second-order valence-corrected chi connectivity index (χ2v) is 6.34. The van der Waals surface area contributed by atoms with Crippen LogP contribution in [0.1, 0.15) is 48.7 Å². The molecular weight excluding hydrogens is 357 g/mol. The number of amides is 1. The molecule has 0 bridgehead atoms. The number of benzene rings is 2. The third-order valence-electron chi connectivity index (χ3n) is 3.90. The van der Waals surface area contributed by atoms with Gasteiger partial charge in [0.1, 0.15) is 5.82 Å². The first-order valence-corrected chi connectivity index (χ1v) is 8.81. The summed E-state index contributed by atoms with van der Waals surface area (Å²) >= 11 is 5.85.